The van der Waals surface area contributed by atoms with Crippen LogP contribution in [0.25, 0.3) is 38.1 Å². The minimum Gasteiger partial charge on any atom is -0.493 e. The quantitative estimate of drug-likeness (QED) is 0.269. The monoisotopic (exact) mass is 550 g/mol. The van der Waals surface area contributed by atoms with Crippen LogP contribution in [-0.4, -0.2) is 41.5 Å². The number of hydrogen-bond donors (Lipinski definition) is 2. The minimum atomic E-state index is -0.814. The van der Waals surface area contributed by atoms with Crippen LogP contribution in [0.4, 0.5) is 11.4 Å². The fraction of sp³-hybridized carbons (Fsp3) is 0.161. The highest BCUT2D eigenvalue weighted by atomic mass is 16.5. The number of methoxy groups -OCH3 is 2. The molecule has 206 valence electrons. The van der Waals surface area contributed by atoms with Gasteiger partial charge in [0.05, 0.1) is 36.2 Å². The normalized spacial score (nSPS) is 12.1. The number of carbonyl (C=O) groups excluding carboxylic acids is 2. The van der Waals surface area contributed by atoms with Gasteiger partial charge in [-0.25, -0.2) is 0 Å². The van der Waals surface area contributed by atoms with Crippen LogP contribution in [0.5, 0.6) is 17.2 Å². The van der Waals surface area contributed by atoms with E-state index in [2.05, 4.69) is 15.6 Å². The Hall–Kier alpha value is -5.38. The Morgan fingerprint density at radius 3 is 2.29 bits per heavy atom. The Balaban J connectivity index is 1.37. The number of ether oxygens (including phenoxy) is 3. The smallest absolute Gasteiger partial charge is 0.267 e. The van der Waals surface area contributed by atoms with Gasteiger partial charge >= 0.3 is 0 Å². The van der Waals surface area contributed by atoms with E-state index in [0.717, 1.165) is 10.8 Å². The number of benzene rings is 3. The van der Waals surface area contributed by atoms with Gasteiger partial charge in [-0.3, -0.25) is 23.8 Å². The van der Waals surface area contributed by atoms with Crippen molar-refractivity contribution < 1.29 is 23.8 Å². The summed E-state index contributed by atoms with van der Waals surface area (Å²) in [5.41, 5.74) is 2.99. The van der Waals surface area contributed by atoms with Gasteiger partial charge in [0.15, 0.2) is 17.6 Å². The van der Waals surface area contributed by atoms with Crippen molar-refractivity contribution in [3.05, 3.63) is 77.2 Å². The van der Waals surface area contributed by atoms with E-state index < -0.39 is 6.10 Å². The molecule has 0 aliphatic carbocycles. The number of rotatable bonds is 7. The Kier molecular flexibility index (Phi) is 6.30. The summed E-state index contributed by atoms with van der Waals surface area (Å²) in [6.45, 7) is 3.09. The Labute approximate surface area is 233 Å². The summed E-state index contributed by atoms with van der Waals surface area (Å²) < 4.78 is 18.7. The molecule has 0 aliphatic heterocycles. The van der Waals surface area contributed by atoms with Crippen LogP contribution in [0.1, 0.15) is 13.8 Å². The molecule has 0 bridgehead atoms. The van der Waals surface area contributed by atoms with E-state index in [4.69, 9.17) is 14.2 Å². The Bertz CT molecular complexity index is 2030. The first-order valence-electron chi connectivity index (χ1n) is 12.9. The number of carbonyl (C=O) groups is 2. The third-order valence-electron chi connectivity index (χ3n) is 7.02. The van der Waals surface area contributed by atoms with E-state index in [9.17, 15) is 14.4 Å². The zero-order valence-corrected chi connectivity index (χ0v) is 22.8. The van der Waals surface area contributed by atoms with E-state index in [1.807, 2.05) is 18.2 Å². The van der Waals surface area contributed by atoms with Crippen molar-refractivity contribution in [2.45, 2.75) is 20.0 Å². The number of anilines is 2. The van der Waals surface area contributed by atoms with Crippen LogP contribution < -0.4 is 30.4 Å². The average Bonchev–Trinajstić information content (AvgIpc) is 3.30. The van der Waals surface area contributed by atoms with Crippen molar-refractivity contribution in [2.75, 3.05) is 24.9 Å². The summed E-state index contributed by atoms with van der Waals surface area (Å²) in [4.78, 5) is 42.6. The second kappa shape index (κ2) is 9.98. The summed E-state index contributed by atoms with van der Waals surface area (Å²) in [6.07, 6.45) is 0.893. The molecule has 10 nitrogen and oxygen atoms in total. The number of aromatic nitrogens is 2. The lowest BCUT2D eigenvalue weighted by Gasteiger charge is -2.15. The summed E-state index contributed by atoms with van der Waals surface area (Å²) in [6, 6.07) is 17.6. The SMILES string of the molecule is COc1ccc2c(c1OC)c(=O)n1c3ccc(O[C@H](C)C(=O)Nc4ccc(NC(C)=O)cc4)cc3c3ccnc2c31. The summed E-state index contributed by atoms with van der Waals surface area (Å²) in [5, 5.41) is 8.17. The molecule has 41 heavy (non-hydrogen) atoms. The second-order valence-electron chi connectivity index (χ2n) is 9.61. The molecule has 0 spiro atoms. The number of fused-ring (bicyclic) bond motifs is 5. The maximum Gasteiger partial charge on any atom is 0.267 e. The lowest BCUT2D eigenvalue weighted by Crippen LogP contribution is -2.30. The van der Waals surface area contributed by atoms with Gasteiger partial charge in [-0.05, 0) is 67.6 Å². The number of pyridine rings is 2. The average molecular weight is 551 g/mol. The standard InChI is InChI=1S/C31H26N4O6/c1-16(30(37)34-19-7-5-18(6-8-19)33-17(2)36)41-20-9-11-24-23(15-20)21-13-14-32-27-22-10-12-25(39-3)29(40-4)26(22)31(38)35(24)28(21)27/h5-16H,1-4H3,(H,33,36)(H,34,37)/t16-/m1/s1. The molecule has 0 unspecified atom stereocenters. The second-order valence-corrected chi connectivity index (χ2v) is 9.61. The van der Waals surface area contributed by atoms with Gasteiger partial charge < -0.3 is 24.8 Å². The van der Waals surface area contributed by atoms with Gasteiger partial charge in [0, 0.05) is 40.7 Å². The van der Waals surface area contributed by atoms with Gasteiger partial charge in [-0.15, -0.1) is 0 Å². The van der Waals surface area contributed by atoms with Crippen LogP contribution in [0.3, 0.4) is 0 Å². The molecule has 6 rings (SSSR count). The van der Waals surface area contributed by atoms with E-state index >= 15 is 0 Å². The van der Waals surface area contributed by atoms with Crippen molar-refractivity contribution >= 4 is 61.3 Å². The van der Waals surface area contributed by atoms with Gasteiger partial charge in [0.2, 0.25) is 5.91 Å². The Morgan fingerprint density at radius 1 is 0.878 bits per heavy atom. The number of nitrogens with zero attached hydrogens (tertiary/aromatic N) is 2. The molecule has 6 aromatic rings. The largest absolute Gasteiger partial charge is 0.493 e. The molecular formula is C31H26N4O6. The van der Waals surface area contributed by atoms with Crippen molar-refractivity contribution in [3.63, 3.8) is 0 Å². The molecule has 1 atom stereocenters. The van der Waals surface area contributed by atoms with Gasteiger partial charge in [0.25, 0.3) is 11.5 Å². The predicted molar refractivity (Wildman–Crippen MR) is 158 cm³/mol. The van der Waals surface area contributed by atoms with Gasteiger partial charge in [-0.2, -0.15) is 0 Å². The van der Waals surface area contributed by atoms with Crippen molar-refractivity contribution in [2.24, 2.45) is 0 Å². The highest BCUT2D eigenvalue weighted by molar-refractivity contribution is 6.19. The molecular weight excluding hydrogens is 524 g/mol. The van der Waals surface area contributed by atoms with Crippen LogP contribution in [0.2, 0.25) is 0 Å². The minimum absolute atomic E-state index is 0.174. The highest BCUT2D eigenvalue weighted by Crippen LogP contribution is 2.39. The molecule has 3 heterocycles. The molecule has 0 aliphatic rings. The predicted octanol–water partition coefficient (Wildman–Crippen LogP) is 4.97. The molecule has 3 aromatic carbocycles. The van der Waals surface area contributed by atoms with Gasteiger partial charge in [-0.1, -0.05) is 0 Å². The zero-order chi connectivity index (χ0) is 28.8. The van der Waals surface area contributed by atoms with E-state index in [1.165, 1.54) is 21.1 Å². The fourth-order valence-corrected chi connectivity index (χ4v) is 5.22. The number of hydrogen-bond acceptors (Lipinski definition) is 7. The highest BCUT2D eigenvalue weighted by Gasteiger charge is 2.23. The maximum atomic E-state index is 13.9. The first-order valence-corrected chi connectivity index (χ1v) is 12.9. The molecule has 2 amide bonds. The van der Waals surface area contributed by atoms with Crippen LogP contribution in [-0.2, 0) is 9.59 Å². The third-order valence-corrected chi connectivity index (χ3v) is 7.02. The van der Waals surface area contributed by atoms with Crippen LogP contribution >= 0.6 is 0 Å². The van der Waals surface area contributed by atoms with Crippen molar-refractivity contribution in [1.29, 1.82) is 0 Å². The van der Waals surface area contributed by atoms with Crippen LogP contribution in [0, 0.1) is 0 Å². The molecule has 0 saturated heterocycles. The molecule has 3 aromatic heterocycles. The van der Waals surface area contributed by atoms with Gasteiger partial charge in [0.1, 0.15) is 5.75 Å². The lowest BCUT2D eigenvalue weighted by molar-refractivity contribution is -0.122. The molecule has 0 radical (unpaired) electrons. The topological polar surface area (TPSA) is 120 Å². The van der Waals surface area contributed by atoms with E-state index in [0.29, 0.717) is 55.9 Å². The van der Waals surface area contributed by atoms with Crippen molar-refractivity contribution in [3.8, 4) is 17.2 Å². The Morgan fingerprint density at radius 2 is 1.61 bits per heavy atom. The summed E-state index contributed by atoms with van der Waals surface area (Å²) in [7, 11) is 3.03. The summed E-state index contributed by atoms with van der Waals surface area (Å²) >= 11 is 0. The maximum absolute atomic E-state index is 13.9. The van der Waals surface area contributed by atoms with E-state index in [1.54, 1.807) is 60.0 Å². The fourth-order valence-electron chi connectivity index (χ4n) is 5.22. The first kappa shape index (κ1) is 25.9. The molecule has 0 fully saturated rings. The molecule has 10 heteroatoms. The number of nitrogens with one attached hydrogen (secondary N) is 2. The summed E-state index contributed by atoms with van der Waals surface area (Å²) in [5.74, 6) is 0.772. The van der Waals surface area contributed by atoms with Crippen molar-refractivity contribution in [1.82, 2.24) is 9.38 Å². The lowest BCUT2D eigenvalue weighted by atomic mass is 10.1. The molecule has 0 saturated carbocycles. The zero-order valence-electron chi connectivity index (χ0n) is 22.8. The van der Waals surface area contributed by atoms with Crippen LogP contribution in [0.15, 0.2) is 71.7 Å². The first-order chi connectivity index (χ1) is 19.8. The van der Waals surface area contributed by atoms with E-state index in [-0.39, 0.29) is 17.4 Å². The number of amides is 2. The molecule has 2 N–H and O–H groups in total. The third kappa shape index (κ3) is 4.29.